The van der Waals surface area contributed by atoms with Gasteiger partial charge in [0, 0.05) is 0 Å². The molecule has 4 heteroatoms. The SMILES string of the molecule is COC(=O)c1c(CCC(C)C)c2c(c(CCC(C)C)c1C(=O)OC)Cc1c(c(CCC(C)C)c3ccccc3c1CCC(C)C)C2. The Hall–Kier alpha value is -3.14. The van der Waals surface area contributed by atoms with Gasteiger partial charge in [0.1, 0.15) is 0 Å². The van der Waals surface area contributed by atoms with Crippen molar-refractivity contribution in [2.24, 2.45) is 23.7 Å². The molecule has 0 spiro atoms. The molecule has 3 aromatic carbocycles. The van der Waals surface area contributed by atoms with Crippen LogP contribution in [0.15, 0.2) is 24.3 Å². The van der Waals surface area contributed by atoms with Gasteiger partial charge in [0.25, 0.3) is 0 Å². The Morgan fingerprint density at radius 1 is 0.522 bits per heavy atom. The fraction of sp³-hybridized carbons (Fsp3) is 0.571. The van der Waals surface area contributed by atoms with Crippen molar-refractivity contribution in [1.29, 1.82) is 0 Å². The highest BCUT2D eigenvalue weighted by Gasteiger charge is 2.35. The minimum Gasteiger partial charge on any atom is -0.465 e. The number of hydrogen-bond donors (Lipinski definition) is 0. The molecule has 0 radical (unpaired) electrons. The molecule has 3 aromatic rings. The molecule has 0 fully saturated rings. The third-order valence-corrected chi connectivity index (χ3v) is 9.99. The zero-order valence-corrected chi connectivity index (χ0v) is 30.3. The van der Waals surface area contributed by atoms with Crippen molar-refractivity contribution in [2.45, 2.75) is 120 Å². The summed E-state index contributed by atoms with van der Waals surface area (Å²) in [4.78, 5) is 27.5. The fourth-order valence-corrected chi connectivity index (χ4v) is 7.38. The Labute approximate surface area is 278 Å². The van der Waals surface area contributed by atoms with E-state index in [0.29, 0.717) is 34.8 Å². The summed E-state index contributed by atoms with van der Waals surface area (Å²) in [5.41, 5.74) is 11.2. The van der Waals surface area contributed by atoms with Gasteiger partial charge in [0.05, 0.1) is 25.3 Å². The molecule has 0 heterocycles. The maximum absolute atomic E-state index is 13.7. The van der Waals surface area contributed by atoms with Crippen LogP contribution < -0.4 is 0 Å². The van der Waals surface area contributed by atoms with Crippen molar-refractivity contribution in [1.82, 2.24) is 0 Å². The number of carbonyl (C=O) groups excluding carboxylic acids is 2. The molecule has 4 nitrogen and oxygen atoms in total. The Morgan fingerprint density at radius 3 is 1.09 bits per heavy atom. The number of methoxy groups -OCH3 is 2. The minimum absolute atomic E-state index is 0.431. The molecule has 0 aromatic heterocycles. The van der Waals surface area contributed by atoms with Crippen LogP contribution in [0.25, 0.3) is 10.8 Å². The summed E-state index contributed by atoms with van der Waals surface area (Å²) < 4.78 is 10.9. The van der Waals surface area contributed by atoms with Crippen LogP contribution in [0.1, 0.15) is 146 Å². The van der Waals surface area contributed by atoms with Gasteiger partial charge in [-0.15, -0.1) is 0 Å². The van der Waals surface area contributed by atoms with Gasteiger partial charge in [-0.1, -0.05) is 79.7 Å². The molecule has 4 rings (SSSR count). The maximum atomic E-state index is 13.7. The van der Waals surface area contributed by atoms with E-state index in [9.17, 15) is 9.59 Å². The van der Waals surface area contributed by atoms with Gasteiger partial charge in [-0.2, -0.15) is 0 Å². The molecule has 0 aliphatic heterocycles. The average Bonchev–Trinajstić information content (AvgIpc) is 3.01. The van der Waals surface area contributed by atoms with Gasteiger partial charge >= 0.3 is 11.9 Å². The highest BCUT2D eigenvalue weighted by atomic mass is 16.5. The van der Waals surface area contributed by atoms with Crippen LogP contribution in [0, 0.1) is 23.7 Å². The summed E-state index contributed by atoms with van der Waals surface area (Å²) in [5, 5.41) is 2.76. The van der Waals surface area contributed by atoms with Gasteiger partial charge in [-0.3, -0.25) is 0 Å². The lowest BCUT2D eigenvalue weighted by atomic mass is 9.71. The number of benzene rings is 3. The van der Waals surface area contributed by atoms with E-state index in [-0.39, 0.29) is 0 Å². The Bertz CT molecular complexity index is 1440. The molecule has 0 atom stereocenters. The third kappa shape index (κ3) is 7.69. The highest BCUT2D eigenvalue weighted by Crippen LogP contribution is 2.44. The topological polar surface area (TPSA) is 52.6 Å². The third-order valence-electron chi connectivity index (χ3n) is 9.99. The fourth-order valence-electron chi connectivity index (χ4n) is 7.38. The van der Waals surface area contributed by atoms with Crippen molar-refractivity contribution in [3.05, 3.63) is 79.9 Å². The minimum atomic E-state index is -0.435. The van der Waals surface area contributed by atoms with E-state index in [0.717, 1.165) is 75.3 Å². The van der Waals surface area contributed by atoms with E-state index in [1.807, 2.05) is 0 Å². The first kappa shape index (κ1) is 35.7. The first-order valence-corrected chi connectivity index (χ1v) is 17.8. The van der Waals surface area contributed by atoms with E-state index in [4.69, 9.17) is 9.47 Å². The summed E-state index contributed by atoms with van der Waals surface area (Å²) in [7, 11) is 2.85. The lowest BCUT2D eigenvalue weighted by Crippen LogP contribution is -2.25. The normalized spacial score (nSPS) is 12.7. The number of aryl methyl sites for hydroxylation is 2. The molecule has 0 saturated carbocycles. The van der Waals surface area contributed by atoms with E-state index < -0.39 is 11.9 Å². The Kier molecular flexibility index (Phi) is 12.1. The van der Waals surface area contributed by atoms with E-state index in [1.165, 1.54) is 58.4 Å². The second-order valence-electron chi connectivity index (χ2n) is 15.2. The smallest absolute Gasteiger partial charge is 0.339 e. The number of rotatable bonds is 14. The van der Waals surface area contributed by atoms with Gasteiger partial charge in [0.15, 0.2) is 0 Å². The van der Waals surface area contributed by atoms with Gasteiger partial charge in [-0.05, 0) is 143 Å². The van der Waals surface area contributed by atoms with Crippen LogP contribution in [0.4, 0.5) is 0 Å². The number of hydrogen-bond acceptors (Lipinski definition) is 4. The Balaban J connectivity index is 2.13. The highest BCUT2D eigenvalue weighted by molar-refractivity contribution is 6.06. The van der Waals surface area contributed by atoms with Crippen LogP contribution in [0.3, 0.4) is 0 Å². The van der Waals surface area contributed by atoms with Crippen molar-refractivity contribution < 1.29 is 19.1 Å². The summed E-state index contributed by atoms with van der Waals surface area (Å²) in [6.45, 7) is 18.1. The standard InChI is InChI=1S/C42H58O4/c1-25(2)15-19-31-29-13-11-12-14-30(29)32(20-16-26(3)4)36-24-38-34(22-18-28(7)8)40(42(44)46-10)39(41(43)45-9)33(21-17-27(5)6)37(38)23-35(31)36/h11-14,25-28H,15-24H2,1-10H3. The van der Waals surface area contributed by atoms with Crippen molar-refractivity contribution in [3.63, 3.8) is 0 Å². The quantitative estimate of drug-likeness (QED) is 0.131. The van der Waals surface area contributed by atoms with Gasteiger partial charge in [0.2, 0.25) is 0 Å². The zero-order chi connectivity index (χ0) is 33.7. The number of carbonyl (C=O) groups is 2. The Morgan fingerprint density at radius 2 is 0.804 bits per heavy atom. The second kappa shape index (κ2) is 15.6. The summed E-state index contributed by atoms with van der Waals surface area (Å²) in [6, 6.07) is 9.03. The first-order chi connectivity index (χ1) is 21.9. The lowest BCUT2D eigenvalue weighted by Gasteiger charge is -2.33. The molecule has 1 aliphatic rings. The van der Waals surface area contributed by atoms with Crippen LogP contribution in [0.5, 0.6) is 0 Å². The van der Waals surface area contributed by atoms with Crippen molar-refractivity contribution in [3.8, 4) is 0 Å². The number of fused-ring (bicyclic) bond motifs is 3. The van der Waals surface area contributed by atoms with Crippen LogP contribution in [-0.4, -0.2) is 26.2 Å². The van der Waals surface area contributed by atoms with Crippen LogP contribution in [0.2, 0.25) is 0 Å². The van der Waals surface area contributed by atoms with Gasteiger partial charge < -0.3 is 9.47 Å². The average molecular weight is 627 g/mol. The van der Waals surface area contributed by atoms with Crippen molar-refractivity contribution in [2.75, 3.05) is 14.2 Å². The zero-order valence-electron chi connectivity index (χ0n) is 30.3. The summed E-state index contributed by atoms with van der Waals surface area (Å²) in [5.74, 6) is 1.23. The molecule has 0 amide bonds. The van der Waals surface area contributed by atoms with Gasteiger partial charge in [-0.25, -0.2) is 9.59 Å². The second-order valence-corrected chi connectivity index (χ2v) is 15.2. The molecule has 250 valence electrons. The largest absolute Gasteiger partial charge is 0.465 e. The van der Waals surface area contributed by atoms with Crippen LogP contribution >= 0.6 is 0 Å². The summed E-state index contributed by atoms with van der Waals surface area (Å²) >= 11 is 0. The molecule has 0 saturated heterocycles. The predicted octanol–water partition coefficient (Wildman–Crippen LogP) is 10.3. The molecule has 0 unspecified atom stereocenters. The molecular weight excluding hydrogens is 568 g/mol. The number of ether oxygens (including phenoxy) is 2. The summed E-state index contributed by atoms with van der Waals surface area (Å²) in [6.07, 6.45) is 9.19. The molecular formula is C42H58O4. The lowest BCUT2D eigenvalue weighted by molar-refractivity contribution is 0.0552. The molecule has 46 heavy (non-hydrogen) atoms. The van der Waals surface area contributed by atoms with Crippen molar-refractivity contribution >= 4 is 22.7 Å². The van der Waals surface area contributed by atoms with E-state index in [1.54, 1.807) is 0 Å². The maximum Gasteiger partial charge on any atom is 0.339 e. The van der Waals surface area contributed by atoms with E-state index >= 15 is 0 Å². The first-order valence-electron chi connectivity index (χ1n) is 17.8. The molecule has 1 aliphatic carbocycles. The predicted molar refractivity (Wildman–Crippen MR) is 191 cm³/mol. The molecule has 0 N–H and O–H groups in total. The molecule has 0 bridgehead atoms. The van der Waals surface area contributed by atoms with Crippen LogP contribution in [-0.2, 0) is 48.0 Å². The van der Waals surface area contributed by atoms with E-state index in [2.05, 4.69) is 79.7 Å². The monoisotopic (exact) mass is 626 g/mol. The number of esters is 2.